The molecule has 0 aliphatic rings. The summed E-state index contributed by atoms with van der Waals surface area (Å²) in [7, 11) is 0. The van der Waals surface area contributed by atoms with Gasteiger partial charge in [-0.3, -0.25) is 0 Å². The van der Waals surface area contributed by atoms with Gasteiger partial charge in [0.15, 0.2) is 0 Å². The van der Waals surface area contributed by atoms with Gasteiger partial charge in [-0.1, -0.05) is 87.3 Å². The highest BCUT2D eigenvalue weighted by atomic mass is 16.6. The third-order valence-corrected chi connectivity index (χ3v) is 8.38. The molecular formula is C46H48O9. The molecule has 0 aliphatic carbocycles. The van der Waals surface area contributed by atoms with Crippen LogP contribution in [-0.4, -0.2) is 49.1 Å². The number of esters is 3. The van der Waals surface area contributed by atoms with E-state index < -0.39 is 24.2 Å². The maximum atomic E-state index is 11.9. The van der Waals surface area contributed by atoms with Crippen LogP contribution in [0.5, 0.6) is 17.2 Å². The van der Waals surface area contributed by atoms with Gasteiger partial charge in [0.1, 0.15) is 17.2 Å². The molecule has 0 saturated carbocycles. The molecule has 0 heterocycles. The Morgan fingerprint density at radius 1 is 0.673 bits per heavy atom. The normalized spacial score (nSPS) is 11.9. The van der Waals surface area contributed by atoms with E-state index in [0.717, 1.165) is 33.4 Å². The summed E-state index contributed by atoms with van der Waals surface area (Å²) < 4.78 is 27.7. The predicted molar refractivity (Wildman–Crippen MR) is 214 cm³/mol. The third kappa shape index (κ3) is 13.0. The minimum absolute atomic E-state index is 0.0979. The van der Waals surface area contributed by atoms with E-state index in [9.17, 15) is 19.5 Å². The van der Waals surface area contributed by atoms with Crippen molar-refractivity contribution >= 4 is 24.0 Å². The Morgan fingerprint density at radius 3 is 1.78 bits per heavy atom. The van der Waals surface area contributed by atoms with E-state index in [1.807, 2.05) is 85.8 Å². The predicted octanol–water partition coefficient (Wildman–Crippen LogP) is 9.10. The van der Waals surface area contributed by atoms with E-state index >= 15 is 0 Å². The molecule has 0 fully saturated rings. The molecule has 1 N–H and O–H groups in total. The summed E-state index contributed by atoms with van der Waals surface area (Å²) in [5, 5.41) is 10.7. The molecule has 4 rings (SSSR count). The zero-order valence-corrected chi connectivity index (χ0v) is 31.8. The minimum atomic E-state index is -1.16. The Morgan fingerprint density at radius 2 is 1.20 bits per heavy atom. The van der Waals surface area contributed by atoms with E-state index in [2.05, 4.69) is 19.7 Å². The van der Waals surface area contributed by atoms with Gasteiger partial charge in [-0.15, -0.1) is 0 Å². The van der Waals surface area contributed by atoms with Crippen molar-refractivity contribution in [1.29, 1.82) is 0 Å². The lowest BCUT2D eigenvalue weighted by atomic mass is 10.0. The van der Waals surface area contributed by atoms with E-state index in [4.69, 9.17) is 23.7 Å². The molecular weight excluding hydrogens is 696 g/mol. The molecule has 0 aliphatic heterocycles. The highest BCUT2D eigenvalue weighted by Crippen LogP contribution is 2.30. The van der Waals surface area contributed by atoms with Crippen LogP contribution in [0.4, 0.5) is 0 Å². The van der Waals surface area contributed by atoms with E-state index in [1.165, 1.54) is 0 Å². The van der Waals surface area contributed by atoms with Crippen LogP contribution in [0.3, 0.4) is 0 Å². The molecule has 4 aromatic rings. The molecule has 0 amide bonds. The van der Waals surface area contributed by atoms with Crippen LogP contribution in [0, 0.1) is 5.92 Å². The molecule has 2 unspecified atom stereocenters. The second-order valence-electron chi connectivity index (χ2n) is 13.1. The standard InChI is InChI=1S/C46H48O9/c1-8-35-27-39(38-16-21-41(22-17-38)54-46(50)32(6)7)18-23-42(35)55-43(47)24-11-33-9-12-36(13-10-33)37-14-19-40(20-15-37)52-28-34(29-53-45(49)31(4)5)25-26-51-44(48)30(2)3/h9-24,27,34,43,47H,2,4,6,8,25-26,28-29H2,1,3,5,7H3/b24-11+. The van der Waals surface area contributed by atoms with Crippen LogP contribution in [0.2, 0.25) is 0 Å². The number of aliphatic hydroxyl groups is 1. The van der Waals surface area contributed by atoms with Gasteiger partial charge >= 0.3 is 17.9 Å². The van der Waals surface area contributed by atoms with Crippen molar-refractivity contribution in [3.05, 3.63) is 145 Å². The SMILES string of the molecule is C=C(C)C(=O)OCCC(COC(=O)C(=C)C)COc1ccc(-c2ccc(/C=C/C(O)Oc3ccc(-c4ccc(OC(=O)C(=C)C)cc4)cc3CC)cc2)cc1. The van der Waals surface area contributed by atoms with Crippen molar-refractivity contribution in [2.24, 2.45) is 5.92 Å². The number of carbonyl (C=O) groups excluding carboxylic acids is 3. The molecule has 9 heteroatoms. The molecule has 2 atom stereocenters. The summed E-state index contributed by atoms with van der Waals surface area (Å²) in [4.78, 5) is 35.5. The van der Waals surface area contributed by atoms with Gasteiger partial charge in [0, 0.05) is 22.6 Å². The summed E-state index contributed by atoms with van der Waals surface area (Å²) in [6.45, 7) is 18.1. The molecule has 55 heavy (non-hydrogen) atoms. The summed E-state index contributed by atoms with van der Waals surface area (Å²) >= 11 is 0. The number of ether oxygens (including phenoxy) is 5. The van der Waals surface area contributed by atoms with Gasteiger partial charge in [-0.25, -0.2) is 14.4 Å². The van der Waals surface area contributed by atoms with Crippen LogP contribution >= 0.6 is 0 Å². The fraction of sp³-hybridized carbons (Fsp3) is 0.239. The average molecular weight is 745 g/mol. The van der Waals surface area contributed by atoms with Gasteiger partial charge in [0.2, 0.25) is 6.29 Å². The number of aliphatic hydroxyl groups excluding tert-OH is 1. The Hall–Kier alpha value is -6.19. The molecule has 0 bridgehead atoms. The maximum absolute atomic E-state index is 11.9. The molecule has 0 saturated heterocycles. The zero-order valence-electron chi connectivity index (χ0n) is 31.8. The lowest BCUT2D eigenvalue weighted by Gasteiger charge is -2.18. The topological polar surface area (TPSA) is 118 Å². The van der Waals surface area contributed by atoms with Gasteiger partial charge < -0.3 is 28.8 Å². The molecule has 0 spiro atoms. The molecule has 9 nitrogen and oxygen atoms in total. The van der Waals surface area contributed by atoms with Crippen LogP contribution < -0.4 is 14.2 Å². The number of benzene rings is 4. The Bertz CT molecular complexity index is 2010. The highest BCUT2D eigenvalue weighted by molar-refractivity contribution is 5.89. The van der Waals surface area contributed by atoms with Crippen LogP contribution in [0.1, 0.15) is 45.2 Å². The first-order valence-electron chi connectivity index (χ1n) is 18.0. The first kappa shape index (κ1) is 41.6. The Labute approximate surface area is 323 Å². The van der Waals surface area contributed by atoms with Crippen LogP contribution in [0.25, 0.3) is 28.3 Å². The minimum Gasteiger partial charge on any atom is -0.493 e. The van der Waals surface area contributed by atoms with Crippen molar-refractivity contribution in [3.63, 3.8) is 0 Å². The van der Waals surface area contributed by atoms with Crippen molar-refractivity contribution < 1.29 is 43.2 Å². The summed E-state index contributed by atoms with van der Waals surface area (Å²) in [5.41, 5.74) is 6.68. The summed E-state index contributed by atoms with van der Waals surface area (Å²) in [5.74, 6) is 0.0391. The van der Waals surface area contributed by atoms with Crippen LogP contribution in [0.15, 0.2) is 134 Å². The summed E-state index contributed by atoms with van der Waals surface area (Å²) in [6.07, 6.45) is 3.38. The van der Waals surface area contributed by atoms with E-state index in [1.54, 1.807) is 45.1 Å². The lowest BCUT2D eigenvalue weighted by molar-refractivity contribution is -0.143. The zero-order chi connectivity index (χ0) is 39.9. The largest absolute Gasteiger partial charge is 0.493 e. The molecule has 0 radical (unpaired) electrons. The van der Waals surface area contributed by atoms with Crippen molar-refractivity contribution in [2.75, 3.05) is 19.8 Å². The Kier molecular flexibility index (Phi) is 15.4. The quantitative estimate of drug-likeness (QED) is 0.0434. The first-order valence-corrected chi connectivity index (χ1v) is 18.0. The lowest BCUT2D eigenvalue weighted by Crippen LogP contribution is -2.23. The molecule has 4 aromatic carbocycles. The fourth-order valence-corrected chi connectivity index (χ4v) is 5.14. The number of hydrogen-bond acceptors (Lipinski definition) is 9. The monoisotopic (exact) mass is 744 g/mol. The second kappa shape index (κ2) is 20.3. The smallest absolute Gasteiger partial charge is 0.338 e. The second-order valence-corrected chi connectivity index (χ2v) is 13.1. The molecule has 0 aromatic heterocycles. The maximum Gasteiger partial charge on any atom is 0.338 e. The van der Waals surface area contributed by atoms with Crippen molar-refractivity contribution in [2.45, 2.75) is 46.8 Å². The first-order chi connectivity index (χ1) is 26.3. The van der Waals surface area contributed by atoms with Crippen LogP contribution in [-0.2, 0) is 30.3 Å². The number of carbonyl (C=O) groups is 3. The number of aryl methyl sites for hydroxylation is 1. The number of hydrogen-bond donors (Lipinski definition) is 1. The third-order valence-electron chi connectivity index (χ3n) is 8.38. The van der Waals surface area contributed by atoms with E-state index in [0.29, 0.717) is 46.8 Å². The van der Waals surface area contributed by atoms with Gasteiger partial charge in [0.05, 0.1) is 19.8 Å². The van der Waals surface area contributed by atoms with E-state index in [-0.39, 0.29) is 25.7 Å². The van der Waals surface area contributed by atoms with Crippen molar-refractivity contribution in [1.82, 2.24) is 0 Å². The summed E-state index contributed by atoms with van der Waals surface area (Å²) in [6, 6.07) is 28.6. The number of rotatable bonds is 19. The fourth-order valence-electron chi connectivity index (χ4n) is 5.14. The Balaban J connectivity index is 1.31. The van der Waals surface area contributed by atoms with Crippen molar-refractivity contribution in [3.8, 4) is 39.5 Å². The highest BCUT2D eigenvalue weighted by Gasteiger charge is 2.16. The van der Waals surface area contributed by atoms with Gasteiger partial charge in [0.25, 0.3) is 0 Å². The average Bonchev–Trinajstić information content (AvgIpc) is 3.18. The molecule has 286 valence electrons. The van der Waals surface area contributed by atoms with Gasteiger partial charge in [-0.05, 0) is 109 Å². The van der Waals surface area contributed by atoms with Gasteiger partial charge in [-0.2, -0.15) is 0 Å².